The Morgan fingerprint density at radius 2 is 2.00 bits per heavy atom. The zero-order valence-electron chi connectivity index (χ0n) is 14.6. The Morgan fingerprint density at radius 3 is 2.73 bits per heavy atom. The van der Waals surface area contributed by atoms with E-state index in [0.29, 0.717) is 5.75 Å². The second-order valence-corrected chi connectivity index (χ2v) is 6.59. The van der Waals surface area contributed by atoms with E-state index in [9.17, 15) is 10.1 Å². The minimum absolute atomic E-state index is 0.0361. The Morgan fingerprint density at radius 1 is 1.15 bits per heavy atom. The highest BCUT2D eigenvalue weighted by Crippen LogP contribution is 2.52. The number of para-hydroxylation sites is 1. The number of ether oxygens (including phenoxy) is 2. The largest absolute Gasteiger partial charge is 0.493 e. The lowest BCUT2D eigenvalue weighted by Gasteiger charge is -2.38. The van der Waals surface area contributed by atoms with Crippen LogP contribution in [0.4, 0.5) is 11.4 Å². The highest BCUT2D eigenvalue weighted by molar-refractivity contribution is 5.64. The summed E-state index contributed by atoms with van der Waals surface area (Å²) in [6, 6.07) is 11.0. The number of hydrogen-bond acceptors (Lipinski definition) is 5. The topological polar surface area (TPSA) is 73.6 Å². The third kappa shape index (κ3) is 2.49. The van der Waals surface area contributed by atoms with Crippen LogP contribution in [0.3, 0.4) is 0 Å². The van der Waals surface area contributed by atoms with Crippen molar-refractivity contribution in [2.24, 2.45) is 5.92 Å². The Balaban J connectivity index is 1.81. The summed E-state index contributed by atoms with van der Waals surface area (Å²) in [5.74, 6) is 1.84. The maximum Gasteiger partial charge on any atom is 0.269 e. The Kier molecular flexibility index (Phi) is 4.03. The van der Waals surface area contributed by atoms with Crippen LogP contribution in [0.1, 0.15) is 29.5 Å². The quantitative estimate of drug-likeness (QED) is 0.500. The van der Waals surface area contributed by atoms with Crippen molar-refractivity contribution < 1.29 is 14.4 Å². The number of benzene rings is 2. The van der Waals surface area contributed by atoms with Crippen LogP contribution in [-0.2, 0) is 0 Å². The molecular formula is C20H20N2O4. The average molecular weight is 352 g/mol. The molecular weight excluding hydrogens is 332 g/mol. The molecule has 0 spiro atoms. The maximum atomic E-state index is 11.2. The fourth-order valence-corrected chi connectivity index (χ4v) is 4.16. The third-order valence-corrected chi connectivity index (χ3v) is 5.33. The zero-order chi connectivity index (χ0) is 18.3. The lowest BCUT2D eigenvalue weighted by atomic mass is 9.76. The second-order valence-electron chi connectivity index (χ2n) is 6.59. The van der Waals surface area contributed by atoms with Crippen LogP contribution in [0.5, 0.6) is 11.5 Å². The molecule has 4 rings (SSSR count). The first-order chi connectivity index (χ1) is 12.6. The fourth-order valence-electron chi connectivity index (χ4n) is 4.16. The summed E-state index contributed by atoms with van der Waals surface area (Å²) in [4.78, 5) is 10.8. The van der Waals surface area contributed by atoms with E-state index in [0.717, 1.165) is 29.0 Å². The van der Waals surface area contributed by atoms with Gasteiger partial charge in [-0.1, -0.05) is 24.3 Å². The highest BCUT2D eigenvalue weighted by Gasteiger charge is 2.40. The van der Waals surface area contributed by atoms with E-state index >= 15 is 0 Å². The number of allylic oxidation sites excluding steroid dienone is 2. The molecule has 6 heteroatoms. The molecule has 26 heavy (non-hydrogen) atoms. The predicted octanol–water partition coefficient (Wildman–Crippen LogP) is 4.44. The van der Waals surface area contributed by atoms with Gasteiger partial charge in [-0.3, -0.25) is 10.1 Å². The van der Waals surface area contributed by atoms with E-state index in [1.165, 1.54) is 0 Å². The first-order valence-corrected chi connectivity index (χ1v) is 8.56. The van der Waals surface area contributed by atoms with E-state index < -0.39 is 0 Å². The number of nitro groups is 1. The Bertz CT molecular complexity index is 893. The zero-order valence-corrected chi connectivity index (χ0v) is 14.6. The Labute approximate surface area is 151 Å². The summed E-state index contributed by atoms with van der Waals surface area (Å²) < 4.78 is 11.1. The number of nitro benzene ring substituents is 1. The Hall–Kier alpha value is -3.02. The first-order valence-electron chi connectivity index (χ1n) is 8.56. The molecule has 3 atom stereocenters. The molecule has 2 aromatic rings. The lowest BCUT2D eigenvalue weighted by molar-refractivity contribution is -0.384. The highest BCUT2D eigenvalue weighted by atomic mass is 16.6. The molecule has 0 aromatic heterocycles. The molecule has 0 saturated carbocycles. The molecule has 1 aliphatic heterocycles. The molecule has 0 saturated heterocycles. The van der Waals surface area contributed by atoms with Crippen molar-refractivity contribution in [2.45, 2.75) is 18.4 Å². The van der Waals surface area contributed by atoms with Crippen molar-refractivity contribution in [3.05, 3.63) is 69.8 Å². The first kappa shape index (κ1) is 16.4. The molecule has 2 aliphatic rings. The molecule has 0 fully saturated rings. The van der Waals surface area contributed by atoms with E-state index in [4.69, 9.17) is 9.47 Å². The van der Waals surface area contributed by atoms with Crippen molar-refractivity contribution in [1.29, 1.82) is 0 Å². The SMILES string of the molecule is COc1cccc([C@@H]2Nc3ccc([N+](=O)[O-])cc3[C@H]3C=CC[C@H]32)c1OC. The normalized spacial score (nSPS) is 22.9. The molecule has 1 aliphatic carbocycles. The number of nitrogens with one attached hydrogen (secondary N) is 1. The summed E-state index contributed by atoms with van der Waals surface area (Å²) in [6.45, 7) is 0. The van der Waals surface area contributed by atoms with Gasteiger partial charge in [0.25, 0.3) is 5.69 Å². The van der Waals surface area contributed by atoms with Gasteiger partial charge in [0.1, 0.15) is 0 Å². The minimum atomic E-state index is -0.342. The van der Waals surface area contributed by atoms with Crippen molar-refractivity contribution in [1.82, 2.24) is 0 Å². The number of hydrogen-bond donors (Lipinski definition) is 1. The van der Waals surface area contributed by atoms with E-state index in [1.54, 1.807) is 32.4 Å². The molecule has 0 radical (unpaired) electrons. The van der Waals surface area contributed by atoms with Crippen molar-refractivity contribution in [2.75, 3.05) is 19.5 Å². The lowest BCUT2D eigenvalue weighted by Crippen LogP contribution is -2.29. The van der Waals surface area contributed by atoms with Gasteiger partial charge < -0.3 is 14.8 Å². The molecule has 2 aromatic carbocycles. The number of non-ortho nitro benzene ring substituents is 1. The predicted molar refractivity (Wildman–Crippen MR) is 99.0 cm³/mol. The molecule has 0 bridgehead atoms. The van der Waals surface area contributed by atoms with Gasteiger partial charge >= 0.3 is 0 Å². The van der Waals surface area contributed by atoms with Crippen molar-refractivity contribution >= 4 is 11.4 Å². The van der Waals surface area contributed by atoms with E-state index in [1.807, 2.05) is 18.2 Å². The van der Waals surface area contributed by atoms with Crippen molar-refractivity contribution in [3.8, 4) is 11.5 Å². The van der Waals surface area contributed by atoms with Gasteiger partial charge in [0.05, 0.1) is 25.2 Å². The van der Waals surface area contributed by atoms with Crippen LogP contribution in [0.25, 0.3) is 0 Å². The van der Waals surface area contributed by atoms with E-state index in [-0.39, 0.29) is 28.5 Å². The van der Waals surface area contributed by atoms with Gasteiger partial charge in [-0.05, 0) is 30.0 Å². The summed E-state index contributed by atoms with van der Waals surface area (Å²) in [5.41, 5.74) is 3.07. The molecule has 1 N–H and O–H groups in total. The number of fused-ring (bicyclic) bond motifs is 3. The molecule has 0 unspecified atom stereocenters. The number of methoxy groups -OCH3 is 2. The summed E-state index contributed by atoms with van der Waals surface area (Å²) >= 11 is 0. The van der Waals surface area contributed by atoms with Crippen molar-refractivity contribution in [3.63, 3.8) is 0 Å². The standard InChI is InChI=1S/C20H20N2O4/c1-25-18-8-4-7-15(20(18)26-2)19-14-6-3-5-13(14)16-11-12(22(23)24)9-10-17(16)21-19/h3-5,7-11,13-14,19,21H,6H2,1-2H3/t13-,14+,19+/m0/s1. The fraction of sp³-hybridized carbons (Fsp3) is 0.300. The minimum Gasteiger partial charge on any atom is -0.493 e. The van der Waals surface area contributed by atoms with Gasteiger partial charge in [-0.2, -0.15) is 0 Å². The van der Waals surface area contributed by atoms with Crippen LogP contribution < -0.4 is 14.8 Å². The monoisotopic (exact) mass is 352 g/mol. The molecule has 1 heterocycles. The van der Waals surface area contributed by atoms with Gasteiger partial charge in [-0.15, -0.1) is 0 Å². The summed E-state index contributed by atoms with van der Waals surface area (Å²) in [6.07, 6.45) is 5.23. The van der Waals surface area contributed by atoms with Gasteiger partial charge in [-0.25, -0.2) is 0 Å². The third-order valence-electron chi connectivity index (χ3n) is 5.33. The summed E-state index contributed by atoms with van der Waals surface area (Å²) in [7, 11) is 3.27. The second kappa shape index (κ2) is 6.37. The molecule has 6 nitrogen and oxygen atoms in total. The van der Waals surface area contributed by atoms with Gasteiger partial charge in [0.2, 0.25) is 0 Å². The molecule has 134 valence electrons. The van der Waals surface area contributed by atoms with Crippen LogP contribution in [0.2, 0.25) is 0 Å². The van der Waals surface area contributed by atoms with Crippen LogP contribution >= 0.6 is 0 Å². The maximum absolute atomic E-state index is 11.2. The van der Waals surface area contributed by atoms with Gasteiger partial charge in [0, 0.05) is 29.3 Å². The number of anilines is 1. The molecule has 0 amide bonds. The van der Waals surface area contributed by atoms with Crippen LogP contribution in [0, 0.1) is 16.0 Å². The average Bonchev–Trinajstić information content (AvgIpc) is 3.16. The number of nitrogens with zero attached hydrogens (tertiary/aromatic N) is 1. The smallest absolute Gasteiger partial charge is 0.269 e. The van der Waals surface area contributed by atoms with E-state index in [2.05, 4.69) is 17.5 Å². The van der Waals surface area contributed by atoms with Crippen LogP contribution in [0.15, 0.2) is 48.6 Å². The number of rotatable bonds is 4. The van der Waals surface area contributed by atoms with Gasteiger partial charge in [0.15, 0.2) is 11.5 Å². The van der Waals surface area contributed by atoms with Crippen LogP contribution in [-0.4, -0.2) is 19.1 Å². The summed E-state index contributed by atoms with van der Waals surface area (Å²) in [5, 5.41) is 14.7.